The summed E-state index contributed by atoms with van der Waals surface area (Å²) in [7, 11) is -1.28. The zero-order valence-corrected chi connectivity index (χ0v) is 10.7. The highest BCUT2D eigenvalue weighted by atomic mass is 79.9. The summed E-state index contributed by atoms with van der Waals surface area (Å²) < 4.78 is 1.08. The van der Waals surface area contributed by atoms with Gasteiger partial charge in [0.2, 0.25) is 0 Å². The number of hydrogen-bond acceptors (Lipinski definition) is 1. The molecule has 0 aromatic carbocycles. The van der Waals surface area contributed by atoms with Gasteiger partial charge >= 0.3 is 0 Å². The lowest BCUT2D eigenvalue weighted by atomic mass is 10.5. The molecule has 0 bridgehead atoms. The molecule has 1 aromatic heterocycles. The first kappa shape index (κ1) is 10.2. The second kappa shape index (κ2) is 3.48. The molecule has 0 aliphatic carbocycles. The van der Waals surface area contributed by atoms with E-state index in [-0.39, 0.29) is 0 Å². The quantitative estimate of drug-likeness (QED) is 0.561. The third-order valence-corrected chi connectivity index (χ3v) is 4.86. The Morgan fingerprint density at radius 3 is 2.42 bits per heavy atom. The van der Waals surface area contributed by atoms with E-state index in [9.17, 15) is 0 Å². The van der Waals surface area contributed by atoms with Gasteiger partial charge in [-0.3, -0.25) is 0 Å². The maximum atomic E-state index is 5.81. The maximum Gasteiger partial charge on any atom is 0.128 e. The lowest BCUT2D eigenvalue weighted by molar-refractivity contribution is 1.32. The van der Waals surface area contributed by atoms with Crippen molar-refractivity contribution >= 4 is 40.8 Å². The van der Waals surface area contributed by atoms with E-state index < -0.39 is 8.07 Å². The van der Waals surface area contributed by atoms with Crippen molar-refractivity contribution in [2.24, 2.45) is 0 Å². The molecule has 0 saturated heterocycles. The maximum absolute atomic E-state index is 5.81. The average Bonchev–Trinajstić information content (AvgIpc) is 1.92. The van der Waals surface area contributed by atoms with Gasteiger partial charge in [0, 0.05) is 10.7 Å². The Hall–Kier alpha value is 0.137. The Morgan fingerprint density at radius 2 is 2.00 bits per heavy atom. The van der Waals surface area contributed by atoms with Gasteiger partial charge in [-0.05, 0) is 27.2 Å². The van der Waals surface area contributed by atoms with E-state index in [1.54, 1.807) is 6.20 Å². The lowest BCUT2D eigenvalue weighted by Crippen LogP contribution is -2.38. The van der Waals surface area contributed by atoms with Crippen LogP contribution in [0.2, 0.25) is 24.8 Å². The average molecular weight is 265 g/mol. The first-order valence-corrected chi connectivity index (χ1v) is 8.40. The fourth-order valence-electron chi connectivity index (χ4n) is 0.988. The summed E-state index contributed by atoms with van der Waals surface area (Å²) in [5.41, 5.74) is 0. The number of pyridine rings is 1. The van der Waals surface area contributed by atoms with E-state index in [1.165, 1.54) is 5.19 Å². The molecule has 1 aromatic rings. The van der Waals surface area contributed by atoms with Crippen LogP contribution < -0.4 is 5.19 Å². The summed E-state index contributed by atoms with van der Waals surface area (Å²) in [5.74, 6) is 0. The molecule has 0 N–H and O–H groups in total. The van der Waals surface area contributed by atoms with Crippen LogP contribution in [0.5, 0.6) is 0 Å². The first-order valence-electron chi connectivity index (χ1n) is 3.73. The second-order valence-electron chi connectivity index (χ2n) is 3.74. The van der Waals surface area contributed by atoms with E-state index in [0.29, 0.717) is 5.15 Å². The standard InChI is InChI=1S/C8H11BrClNSi/c1-12(2,3)7-4-8(10)11-5-6(7)9/h4-5H,1-3H3. The van der Waals surface area contributed by atoms with Crippen molar-refractivity contribution in [1.29, 1.82) is 0 Å². The van der Waals surface area contributed by atoms with Gasteiger partial charge in [-0.1, -0.05) is 31.2 Å². The molecule has 0 aliphatic heterocycles. The van der Waals surface area contributed by atoms with Crippen LogP contribution in [0.1, 0.15) is 0 Å². The number of nitrogens with zero attached hydrogens (tertiary/aromatic N) is 1. The number of aromatic nitrogens is 1. The van der Waals surface area contributed by atoms with Gasteiger partial charge in [0.1, 0.15) is 5.15 Å². The Labute approximate surface area is 87.3 Å². The second-order valence-corrected chi connectivity index (χ2v) is 10.0. The van der Waals surface area contributed by atoms with Crippen LogP contribution in [0.15, 0.2) is 16.7 Å². The first-order chi connectivity index (χ1) is 5.41. The summed E-state index contributed by atoms with van der Waals surface area (Å²) >= 11 is 9.29. The zero-order chi connectivity index (χ0) is 9.35. The fourth-order valence-corrected chi connectivity index (χ4v) is 4.59. The van der Waals surface area contributed by atoms with Gasteiger partial charge < -0.3 is 0 Å². The molecule has 66 valence electrons. The van der Waals surface area contributed by atoms with Crippen molar-refractivity contribution in [3.63, 3.8) is 0 Å². The molecule has 0 atom stereocenters. The van der Waals surface area contributed by atoms with E-state index >= 15 is 0 Å². The molecule has 0 spiro atoms. The van der Waals surface area contributed by atoms with Crippen LogP contribution >= 0.6 is 27.5 Å². The largest absolute Gasteiger partial charge is 0.243 e. The Morgan fingerprint density at radius 1 is 1.42 bits per heavy atom. The molecule has 1 rings (SSSR count). The van der Waals surface area contributed by atoms with Crippen molar-refractivity contribution < 1.29 is 0 Å². The van der Waals surface area contributed by atoms with Crippen LogP contribution in [-0.4, -0.2) is 13.1 Å². The smallest absolute Gasteiger partial charge is 0.128 e. The topological polar surface area (TPSA) is 12.9 Å². The molecular formula is C8H11BrClNSi. The third kappa shape index (κ3) is 2.31. The minimum Gasteiger partial charge on any atom is -0.243 e. The minimum absolute atomic E-state index is 0.579. The number of rotatable bonds is 1. The highest BCUT2D eigenvalue weighted by Crippen LogP contribution is 2.14. The molecule has 4 heteroatoms. The van der Waals surface area contributed by atoms with Crippen LogP contribution in [0.25, 0.3) is 0 Å². The van der Waals surface area contributed by atoms with E-state index in [0.717, 1.165) is 4.47 Å². The molecule has 1 nitrogen and oxygen atoms in total. The fraction of sp³-hybridized carbons (Fsp3) is 0.375. The molecule has 0 saturated carbocycles. The number of halogens is 2. The Bertz CT molecular complexity index is 296. The van der Waals surface area contributed by atoms with E-state index in [2.05, 4.69) is 40.6 Å². The highest BCUT2D eigenvalue weighted by molar-refractivity contribution is 9.10. The van der Waals surface area contributed by atoms with Crippen molar-refractivity contribution in [3.8, 4) is 0 Å². The Balaban J connectivity index is 3.23. The predicted molar refractivity (Wildman–Crippen MR) is 59.9 cm³/mol. The SMILES string of the molecule is C[Si](C)(C)c1cc(Cl)ncc1Br. The Kier molecular flexibility index (Phi) is 2.96. The van der Waals surface area contributed by atoms with Gasteiger partial charge in [-0.15, -0.1) is 0 Å². The lowest BCUT2D eigenvalue weighted by Gasteiger charge is -2.17. The summed E-state index contributed by atoms with van der Waals surface area (Å²) in [6.07, 6.45) is 1.77. The van der Waals surface area contributed by atoms with Gasteiger partial charge in [0.15, 0.2) is 0 Å². The van der Waals surface area contributed by atoms with Gasteiger partial charge in [0.25, 0.3) is 0 Å². The van der Waals surface area contributed by atoms with Crippen molar-refractivity contribution in [2.75, 3.05) is 0 Å². The molecule has 0 radical (unpaired) electrons. The van der Waals surface area contributed by atoms with Crippen molar-refractivity contribution in [1.82, 2.24) is 4.98 Å². The number of hydrogen-bond donors (Lipinski definition) is 0. The minimum atomic E-state index is -1.28. The molecular weight excluding hydrogens is 254 g/mol. The van der Waals surface area contributed by atoms with Crippen LogP contribution in [-0.2, 0) is 0 Å². The summed E-state index contributed by atoms with van der Waals surface area (Å²) in [6.45, 7) is 6.84. The molecule has 0 unspecified atom stereocenters. The summed E-state index contributed by atoms with van der Waals surface area (Å²) in [5, 5.41) is 1.90. The summed E-state index contributed by atoms with van der Waals surface area (Å²) in [4.78, 5) is 3.99. The molecule has 0 amide bonds. The molecule has 0 fully saturated rings. The van der Waals surface area contributed by atoms with E-state index in [1.807, 2.05) is 6.07 Å². The van der Waals surface area contributed by atoms with Crippen LogP contribution in [0.3, 0.4) is 0 Å². The van der Waals surface area contributed by atoms with Crippen molar-refractivity contribution in [3.05, 3.63) is 21.9 Å². The zero-order valence-electron chi connectivity index (χ0n) is 7.36. The van der Waals surface area contributed by atoms with Gasteiger partial charge in [-0.25, -0.2) is 4.98 Å². The van der Waals surface area contributed by atoms with Gasteiger partial charge in [0.05, 0.1) is 8.07 Å². The predicted octanol–water partition coefficient (Wildman–Crippen LogP) is 3.04. The molecule has 0 aliphatic rings. The van der Waals surface area contributed by atoms with Crippen LogP contribution in [0, 0.1) is 0 Å². The third-order valence-electron chi connectivity index (χ3n) is 1.63. The molecule has 12 heavy (non-hydrogen) atoms. The van der Waals surface area contributed by atoms with Crippen LogP contribution in [0.4, 0.5) is 0 Å². The molecule has 1 heterocycles. The highest BCUT2D eigenvalue weighted by Gasteiger charge is 2.19. The van der Waals surface area contributed by atoms with E-state index in [4.69, 9.17) is 11.6 Å². The van der Waals surface area contributed by atoms with Gasteiger partial charge in [-0.2, -0.15) is 0 Å². The summed E-state index contributed by atoms with van der Waals surface area (Å²) in [6, 6.07) is 1.96. The monoisotopic (exact) mass is 263 g/mol. The van der Waals surface area contributed by atoms with Crippen molar-refractivity contribution in [2.45, 2.75) is 19.6 Å². The normalized spacial score (nSPS) is 11.8.